The van der Waals surface area contributed by atoms with Gasteiger partial charge < -0.3 is 10.5 Å². The van der Waals surface area contributed by atoms with Crippen LogP contribution in [-0.2, 0) is 4.79 Å². The maximum atomic E-state index is 12.0. The number of nitrogens with one attached hydrogen (secondary N) is 2. The topological polar surface area (TPSA) is 66.1 Å². The first-order chi connectivity index (χ1) is 9.40. The van der Waals surface area contributed by atoms with Crippen LogP contribution in [0.1, 0.15) is 53.4 Å². The van der Waals surface area contributed by atoms with E-state index in [1.54, 1.807) is 7.05 Å². The van der Waals surface area contributed by atoms with Crippen LogP contribution in [0.5, 0.6) is 0 Å². The van der Waals surface area contributed by atoms with Crippen molar-refractivity contribution in [1.29, 1.82) is 0 Å². The molecular weight excluding hydrogens is 252 g/mol. The summed E-state index contributed by atoms with van der Waals surface area (Å²) < 4.78 is 0. The molecule has 0 bridgehead atoms. The molecule has 1 aliphatic carbocycles. The number of rotatable bonds is 5. The number of carbonyl (C=O) groups is 1. The van der Waals surface area contributed by atoms with E-state index in [1.807, 2.05) is 0 Å². The number of amides is 1. The molecule has 20 heavy (non-hydrogen) atoms. The Morgan fingerprint density at radius 3 is 2.45 bits per heavy atom. The third-order valence-corrected chi connectivity index (χ3v) is 4.75. The lowest BCUT2D eigenvalue weighted by Gasteiger charge is -2.32. The Hall–Kier alpha value is -1.06. The van der Waals surface area contributed by atoms with Crippen molar-refractivity contribution in [1.82, 2.24) is 5.32 Å². The van der Waals surface area contributed by atoms with Gasteiger partial charge in [0.05, 0.1) is 0 Å². The SMILES string of the molecule is CNC(=O)[C@@H](C[C@H]1CC[C@@H](C(C)C)C(=[NH+][O-])C1)C(C)C. The third kappa shape index (κ3) is 4.22. The minimum atomic E-state index is 0.0495. The van der Waals surface area contributed by atoms with Crippen LogP contribution in [0.25, 0.3) is 0 Å². The van der Waals surface area contributed by atoms with Gasteiger partial charge in [0.25, 0.3) is 0 Å². The molecule has 0 heterocycles. The van der Waals surface area contributed by atoms with Crippen LogP contribution in [0.3, 0.4) is 0 Å². The Morgan fingerprint density at radius 1 is 1.35 bits per heavy atom. The quantitative estimate of drug-likeness (QED) is 0.592. The second-order valence-corrected chi connectivity index (χ2v) is 6.83. The average molecular weight is 282 g/mol. The van der Waals surface area contributed by atoms with E-state index in [0.29, 0.717) is 23.7 Å². The molecule has 116 valence electrons. The minimum Gasteiger partial charge on any atom is -0.625 e. The van der Waals surface area contributed by atoms with Crippen molar-refractivity contribution in [3.05, 3.63) is 5.21 Å². The monoisotopic (exact) mass is 282 g/mol. The van der Waals surface area contributed by atoms with E-state index in [-0.39, 0.29) is 11.8 Å². The van der Waals surface area contributed by atoms with Crippen LogP contribution < -0.4 is 10.5 Å². The highest BCUT2D eigenvalue weighted by Gasteiger charge is 2.34. The molecule has 0 saturated heterocycles. The second-order valence-electron chi connectivity index (χ2n) is 6.83. The normalized spacial score (nSPS) is 27.1. The Morgan fingerprint density at radius 2 is 2.00 bits per heavy atom. The Labute approximate surface area is 123 Å². The van der Waals surface area contributed by atoms with Crippen LogP contribution in [-0.4, -0.2) is 18.7 Å². The van der Waals surface area contributed by atoms with E-state index in [0.717, 1.165) is 31.4 Å². The van der Waals surface area contributed by atoms with Gasteiger partial charge in [0.2, 0.25) is 5.91 Å². The Balaban J connectivity index is 2.68. The summed E-state index contributed by atoms with van der Waals surface area (Å²) in [5.41, 5.74) is 0.940. The van der Waals surface area contributed by atoms with Gasteiger partial charge in [-0.2, -0.15) is 0 Å². The smallest absolute Gasteiger partial charge is 0.223 e. The molecule has 1 amide bonds. The zero-order valence-corrected chi connectivity index (χ0v) is 13.5. The van der Waals surface area contributed by atoms with Gasteiger partial charge in [-0.05, 0) is 37.0 Å². The summed E-state index contributed by atoms with van der Waals surface area (Å²) in [6.45, 7) is 8.53. The number of hydrogen-bond acceptors (Lipinski definition) is 2. The molecule has 0 aromatic carbocycles. The first-order valence-electron chi connectivity index (χ1n) is 7.86. The second kappa shape index (κ2) is 7.65. The van der Waals surface area contributed by atoms with Crippen LogP contribution >= 0.6 is 0 Å². The summed E-state index contributed by atoms with van der Waals surface area (Å²) in [5, 5.41) is 16.1. The number of carbonyl (C=O) groups excluding carboxylic acids is 1. The fourth-order valence-electron chi connectivity index (χ4n) is 3.43. The van der Waals surface area contributed by atoms with Crippen molar-refractivity contribution in [2.75, 3.05) is 7.05 Å². The molecular formula is C16H30N2O2. The van der Waals surface area contributed by atoms with Gasteiger partial charge in [-0.3, -0.25) is 4.79 Å². The summed E-state index contributed by atoms with van der Waals surface area (Å²) >= 11 is 0. The first-order valence-corrected chi connectivity index (χ1v) is 7.86. The van der Waals surface area contributed by atoms with Gasteiger partial charge in [-0.1, -0.05) is 27.7 Å². The van der Waals surface area contributed by atoms with Crippen LogP contribution in [0.15, 0.2) is 0 Å². The van der Waals surface area contributed by atoms with Crippen molar-refractivity contribution in [3.8, 4) is 0 Å². The van der Waals surface area contributed by atoms with E-state index < -0.39 is 0 Å². The highest BCUT2D eigenvalue weighted by Crippen LogP contribution is 2.34. The Kier molecular flexibility index (Phi) is 6.50. The molecule has 0 unspecified atom stereocenters. The predicted molar refractivity (Wildman–Crippen MR) is 82.0 cm³/mol. The standard InChI is InChI=1S/C16H30N2O2/c1-10(2)13-7-6-12(9-15(13)18-20)8-14(11(3)4)16(19)17-5/h10-14,18H,6-9H2,1-5H3,(H-,17,19,20)/t12-,13+,14+/m1/s1. The highest BCUT2D eigenvalue weighted by molar-refractivity contribution is 5.83. The predicted octanol–water partition coefficient (Wildman–Crippen LogP) is 1.49. The fraction of sp³-hybridized carbons (Fsp3) is 0.875. The fourth-order valence-corrected chi connectivity index (χ4v) is 3.43. The van der Waals surface area contributed by atoms with Crippen LogP contribution in [0, 0.1) is 34.8 Å². The molecule has 3 atom stereocenters. The molecule has 1 saturated carbocycles. The zero-order valence-electron chi connectivity index (χ0n) is 13.5. The van der Waals surface area contributed by atoms with Crippen molar-refractivity contribution < 1.29 is 9.95 Å². The van der Waals surface area contributed by atoms with Crippen molar-refractivity contribution in [2.24, 2.45) is 29.6 Å². The lowest BCUT2D eigenvalue weighted by Crippen LogP contribution is -2.68. The molecule has 0 spiro atoms. The van der Waals surface area contributed by atoms with Gasteiger partial charge in [0.1, 0.15) is 0 Å². The lowest BCUT2D eigenvalue weighted by atomic mass is 9.72. The molecule has 1 fully saturated rings. The molecule has 0 radical (unpaired) electrons. The summed E-state index contributed by atoms with van der Waals surface area (Å²) in [5.74, 6) is 1.86. The molecule has 0 aromatic heterocycles. The van der Waals surface area contributed by atoms with E-state index in [2.05, 4.69) is 38.2 Å². The largest absolute Gasteiger partial charge is 0.625 e. The van der Waals surface area contributed by atoms with E-state index in [4.69, 9.17) is 0 Å². The van der Waals surface area contributed by atoms with E-state index >= 15 is 0 Å². The molecule has 1 rings (SSSR count). The van der Waals surface area contributed by atoms with E-state index in [9.17, 15) is 10.0 Å². The van der Waals surface area contributed by atoms with Crippen LogP contribution in [0.2, 0.25) is 0 Å². The van der Waals surface area contributed by atoms with Gasteiger partial charge in [0, 0.05) is 25.3 Å². The summed E-state index contributed by atoms with van der Waals surface area (Å²) in [6, 6.07) is 0. The van der Waals surface area contributed by atoms with Crippen LogP contribution in [0.4, 0.5) is 0 Å². The van der Waals surface area contributed by atoms with Gasteiger partial charge in [0.15, 0.2) is 5.71 Å². The first kappa shape index (κ1) is 17.0. The molecule has 1 aliphatic rings. The molecule has 0 aromatic rings. The molecule has 4 nitrogen and oxygen atoms in total. The minimum absolute atomic E-state index is 0.0495. The summed E-state index contributed by atoms with van der Waals surface area (Å²) in [7, 11) is 1.70. The van der Waals surface area contributed by atoms with Gasteiger partial charge in [-0.25, -0.2) is 5.16 Å². The van der Waals surface area contributed by atoms with Crippen molar-refractivity contribution in [3.63, 3.8) is 0 Å². The molecule has 2 N–H and O–H groups in total. The van der Waals surface area contributed by atoms with Crippen molar-refractivity contribution >= 4 is 11.6 Å². The third-order valence-electron chi connectivity index (χ3n) is 4.75. The summed E-state index contributed by atoms with van der Waals surface area (Å²) in [4.78, 5) is 12.0. The van der Waals surface area contributed by atoms with E-state index in [1.165, 1.54) is 0 Å². The molecule has 4 heteroatoms. The molecule has 0 aliphatic heterocycles. The number of hydrogen-bond donors (Lipinski definition) is 2. The highest BCUT2D eigenvalue weighted by atomic mass is 16.4. The average Bonchev–Trinajstić information content (AvgIpc) is 2.42. The lowest BCUT2D eigenvalue weighted by molar-refractivity contribution is -0.380. The van der Waals surface area contributed by atoms with Crippen molar-refractivity contribution in [2.45, 2.75) is 53.4 Å². The Bertz CT molecular complexity index is 350. The zero-order chi connectivity index (χ0) is 15.3. The van der Waals surface area contributed by atoms with Gasteiger partial charge >= 0.3 is 0 Å². The maximum Gasteiger partial charge on any atom is 0.223 e. The maximum absolute atomic E-state index is 12.0. The van der Waals surface area contributed by atoms with Gasteiger partial charge in [-0.15, -0.1) is 0 Å². The summed E-state index contributed by atoms with van der Waals surface area (Å²) in [6.07, 6.45) is 3.89.